The van der Waals surface area contributed by atoms with E-state index in [9.17, 15) is 18.0 Å². The number of nitrogens with two attached hydrogens (primary N) is 1. The molecule has 0 atom stereocenters. The average molecular weight is 495 g/mol. The zero-order valence-electron chi connectivity index (χ0n) is 18.1. The highest BCUT2D eigenvalue weighted by Crippen LogP contribution is 2.33. The summed E-state index contributed by atoms with van der Waals surface area (Å²) in [6.45, 7) is 1.91. The molecule has 2 aromatic carbocycles. The Bertz CT molecular complexity index is 1600. The summed E-state index contributed by atoms with van der Waals surface area (Å²) in [5, 5.41) is 8.80. The topological polar surface area (TPSA) is 106 Å². The summed E-state index contributed by atoms with van der Waals surface area (Å²) in [6, 6.07) is 13.8. The third-order valence-corrected chi connectivity index (χ3v) is 6.14. The van der Waals surface area contributed by atoms with Gasteiger partial charge in [0.1, 0.15) is 17.5 Å². The number of aryl methyl sites for hydroxylation is 1. The van der Waals surface area contributed by atoms with Crippen LogP contribution in [0.5, 0.6) is 0 Å². The van der Waals surface area contributed by atoms with Gasteiger partial charge in [-0.3, -0.25) is 4.79 Å². The number of carbonyl (C=O) groups is 1. The number of hydrogen-bond acceptors (Lipinski definition) is 7. The van der Waals surface area contributed by atoms with Gasteiger partial charge >= 0.3 is 6.18 Å². The van der Waals surface area contributed by atoms with E-state index in [0.717, 1.165) is 23.1 Å². The van der Waals surface area contributed by atoms with Gasteiger partial charge in [0.25, 0.3) is 5.91 Å². The molecule has 0 unspecified atom stereocenters. The van der Waals surface area contributed by atoms with Gasteiger partial charge in [-0.25, -0.2) is 15.0 Å². The molecular formula is C24H17F3N6OS. The number of amides is 1. The number of rotatable bonds is 4. The molecule has 0 aliphatic carbocycles. The van der Waals surface area contributed by atoms with Gasteiger partial charge in [0.15, 0.2) is 0 Å². The van der Waals surface area contributed by atoms with Crippen LogP contribution in [-0.2, 0) is 6.18 Å². The Balaban J connectivity index is 1.52. The summed E-state index contributed by atoms with van der Waals surface area (Å²) in [7, 11) is 0. The fraction of sp³-hybridized carbons (Fsp3) is 0.0833. The van der Waals surface area contributed by atoms with Gasteiger partial charge in [0, 0.05) is 11.1 Å². The van der Waals surface area contributed by atoms with Gasteiger partial charge in [-0.2, -0.15) is 13.2 Å². The average Bonchev–Trinajstić information content (AvgIpc) is 3.28. The molecule has 0 aliphatic rings. The van der Waals surface area contributed by atoms with E-state index in [2.05, 4.69) is 25.6 Å². The first kappa shape index (κ1) is 22.5. The first-order valence-electron chi connectivity index (χ1n) is 10.3. The number of anilines is 4. The molecular weight excluding hydrogens is 477 g/mol. The maximum atomic E-state index is 13.1. The standard InChI is InChI=1S/C24H17F3N6OS/c1-12-5-6-16-13(9-12)10-18(29-15-4-2-3-14(11-15)24(25,26)27)31-21(16)33-23(34)22-30-17-7-8-35-19(17)20(28)32-22/h2-11H,1H3,(H2,28,30,32)(H2,29,31,33,34). The van der Waals surface area contributed by atoms with Gasteiger partial charge in [0.2, 0.25) is 5.82 Å². The fourth-order valence-corrected chi connectivity index (χ4v) is 4.34. The summed E-state index contributed by atoms with van der Waals surface area (Å²) >= 11 is 1.37. The molecule has 4 N–H and O–H groups in total. The number of benzene rings is 2. The second-order valence-corrected chi connectivity index (χ2v) is 8.72. The molecule has 176 valence electrons. The molecule has 1 amide bonds. The minimum absolute atomic E-state index is 0.119. The van der Waals surface area contributed by atoms with Gasteiger partial charge in [0.05, 0.1) is 15.8 Å². The van der Waals surface area contributed by atoms with Gasteiger partial charge in [-0.05, 0) is 48.0 Å². The number of hydrogen-bond donors (Lipinski definition) is 3. The molecule has 0 spiro atoms. The van der Waals surface area contributed by atoms with Crippen molar-refractivity contribution in [3.8, 4) is 0 Å². The molecule has 3 aromatic heterocycles. The van der Waals surface area contributed by atoms with Crippen molar-refractivity contribution in [2.75, 3.05) is 16.4 Å². The van der Waals surface area contributed by atoms with E-state index in [1.165, 1.54) is 23.5 Å². The maximum Gasteiger partial charge on any atom is 0.416 e. The van der Waals surface area contributed by atoms with Gasteiger partial charge in [-0.1, -0.05) is 29.8 Å². The van der Waals surface area contributed by atoms with Gasteiger partial charge in [-0.15, -0.1) is 11.3 Å². The zero-order valence-corrected chi connectivity index (χ0v) is 19.0. The van der Waals surface area contributed by atoms with E-state index in [0.29, 0.717) is 15.6 Å². The third kappa shape index (κ3) is 4.58. The number of thiophene rings is 1. The highest BCUT2D eigenvalue weighted by Gasteiger charge is 2.30. The van der Waals surface area contributed by atoms with Crippen molar-refractivity contribution in [2.24, 2.45) is 0 Å². The number of alkyl halides is 3. The Morgan fingerprint density at radius 3 is 2.66 bits per heavy atom. The van der Waals surface area contributed by atoms with E-state index in [-0.39, 0.29) is 29.0 Å². The van der Waals surface area contributed by atoms with Crippen molar-refractivity contribution < 1.29 is 18.0 Å². The number of carbonyl (C=O) groups excluding carboxylic acids is 1. The van der Waals surface area contributed by atoms with Crippen molar-refractivity contribution in [3.05, 3.63) is 76.9 Å². The summed E-state index contributed by atoms with van der Waals surface area (Å²) in [6.07, 6.45) is -4.48. The van der Waals surface area contributed by atoms with E-state index < -0.39 is 17.6 Å². The Hall–Kier alpha value is -4.25. The van der Waals surface area contributed by atoms with E-state index in [1.54, 1.807) is 23.6 Å². The van der Waals surface area contributed by atoms with Crippen LogP contribution < -0.4 is 16.4 Å². The van der Waals surface area contributed by atoms with Crippen LogP contribution in [0.4, 0.5) is 36.3 Å². The predicted molar refractivity (Wildman–Crippen MR) is 131 cm³/mol. The lowest BCUT2D eigenvalue weighted by Gasteiger charge is -2.14. The second-order valence-electron chi connectivity index (χ2n) is 7.81. The molecule has 0 bridgehead atoms. The molecule has 3 heterocycles. The predicted octanol–water partition coefficient (Wildman–Crippen LogP) is 6.14. The summed E-state index contributed by atoms with van der Waals surface area (Å²) in [4.78, 5) is 25.8. The lowest BCUT2D eigenvalue weighted by atomic mass is 10.1. The quantitative estimate of drug-likeness (QED) is 0.277. The van der Waals surface area contributed by atoms with E-state index in [1.807, 2.05) is 19.1 Å². The Labute approximate surface area is 200 Å². The highest BCUT2D eigenvalue weighted by molar-refractivity contribution is 7.17. The number of halogens is 3. The maximum absolute atomic E-state index is 13.1. The molecule has 0 saturated heterocycles. The molecule has 11 heteroatoms. The van der Waals surface area contributed by atoms with E-state index >= 15 is 0 Å². The Morgan fingerprint density at radius 2 is 1.86 bits per heavy atom. The lowest BCUT2D eigenvalue weighted by molar-refractivity contribution is -0.137. The first-order valence-corrected chi connectivity index (χ1v) is 11.2. The molecule has 5 rings (SSSR count). The monoisotopic (exact) mass is 494 g/mol. The van der Waals surface area contributed by atoms with Crippen LogP contribution in [0, 0.1) is 6.92 Å². The summed E-state index contributed by atoms with van der Waals surface area (Å²) < 4.78 is 40.1. The van der Waals surface area contributed by atoms with Crippen molar-refractivity contribution in [3.63, 3.8) is 0 Å². The molecule has 0 fully saturated rings. The minimum atomic E-state index is -4.48. The minimum Gasteiger partial charge on any atom is -0.382 e. The van der Waals surface area contributed by atoms with E-state index in [4.69, 9.17) is 5.73 Å². The van der Waals surface area contributed by atoms with Crippen LogP contribution in [0.15, 0.2) is 60.0 Å². The largest absolute Gasteiger partial charge is 0.416 e. The van der Waals surface area contributed by atoms with Crippen LogP contribution in [0.25, 0.3) is 21.0 Å². The normalized spacial score (nSPS) is 11.7. The smallest absolute Gasteiger partial charge is 0.382 e. The summed E-state index contributed by atoms with van der Waals surface area (Å²) in [5.41, 5.74) is 6.90. The summed E-state index contributed by atoms with van der Waals surface area (Å²) in [5.74, 6) is -0.0772. The Kier molecular flexibility index (Phi) is 5.48. The number of fused-ring (bicyclic) bond motifs is 2. The number of aromatic nitrogens is 3. The second kappa shape index (κ2) is 8.51. The molecule has 0 saturated carbocycles. The lowest BCUT2D eigenvalue weighted by Crippen LogP contribution is -2.17. The van der Waals surface area contributed by atoms with Crippen molar-refractivity contribution in [1.82, 2.24) is 15.0 Å². The number of nitrogen functional groups attached to an aromatic ring is 1. The highest BCUT2D eigenvalue weighted by atomic mass is 32.1. The van der Waals surface area contributed by atoms with Crippen molar-refractivity contribution in [2.45, 2.75) is 13.1 Å². The van der Waals surface area contributed by atoms with Crippen LogP contribution in [-0.4, -0.2) is 20.9 Å². The molecule has 7 nitrogen and oxygen atoms in total. The van der Waals surface area contributed by atoms with Crippen LogP contribution >= 0.6 is 11.3 Å². The van der Waals surface area contributed by atoms with Crippen molar-refractivity contribution >= 4 is 61.4 Å². The van der Waals surface area contributed by atoms with Crippen molar-refractivity contribution in [1.29, 1.82) is 0 Å². The molecule has 0 aliphatic heterocycles. The number of pyridine rings is 1. The molecule has 5 aromatic rings. The Morgan fingerprint density at radius 1 is 1.03 bits per heavy atom. The van der Waals surface area contributed by atoms with Crippen LogP contribution in [0.1, 0.15) is 21.7 Å². The molecule has 35 heavy (non-hydrogen) atoms. The number of nitrogens with one attached hydrogen (secondary N) is 2. The third-order valence-electron chi connectivity index (χ3n) is 5.21. The first-order chi connectivity index (χ1) is 16.7. The fourth-order valence-electron chi connectivity index (χ4n) is 3.61. The molecule has 0 radical (unpaired) electrons. The van der Waals surface area contributed by atoms with Crippen LogP contribution in [0.2, 0.25) is 0 Å². The zero-order chi connectivity index (χ0) is 24.7. The number of nitrogens with zero attached hydrogens (tertiary/aromatic N) is 3. The van der Waals surface area contributed by atoms with Gasteiger partial charge < -0.3 is 16.4 Å². The SMILES string of the molecule is Cc1ccc2c(NC(=O)c3nc(N)c4sccc4n3)nc(Nc3cccc(C(F)(F)F)c3)cc2c1. The van der Waals surface area contributed by atoms with Crippen LogP contribution in [0.3, 0.4) is 0 Å².